The van der Waals surface area contributed by atoms with Gasteiger partial charge in [0.15, 0.2) is 0 Å². The second kappa shape index (κ2) is 6.03. The molecule has 0 bridgehead atoms. The van der Waals surface area contributed by atoms with Crippen LogP contribution in [0.3, 0.4) is 0 Å². The van der Waals surface area contributed by atoms with E-state index in [1.807, 2.05) is 6.92 Å². The molecule has 94 valence electrons. The van der Waals surface area contributed by atoms with Crippen LogP contribution in [-0.2, 0) is 9.53 Å². The Hall–Kier alpha value is -1.85. The average molecular weight is 239 g/mol. The minimum Gasteiger partial charge on any atom is -0.462 e. The Kier molecular flexibility index (Phi) is 4.68. The molecule has 1 aromatic heterocycles. The maximum Gasteiger partial charge on any atom is 0.341 e. The van der Waals surface area contributed by atoms with Crippen molar-refractivity contribution in [1.29, 1.82) is 0 Å². The van der Waals surface area contributed by atoms with E-state index in [4.69, 9.17) is 4.74 Å². The average Bonchev–Trinajstić information content (AvgIpc) is 2.78. The first-order chi connectivity index (χ1) is 8.10. The number of hydrogen-bond donors (Lipinski definition) is 1. The van der Waals surface area contributed by atoms with Gasteiger partial charge in [0.1, 0.15) is 6.04 Å². The predicted octanol–water partition coefficient (Wildman–Crippen LogP) is 0.757. The Labute approximate surface area is 99.9 Å². The van der Waals surface area contributed by atoms with E-state index >= 15 is 0 Å². The summed E-state index contributed by atoms with van der Waals surface area (Å²) in [5.41, 5.74) is 0.350. The molecule has 0 aliphatic rings. The number of aromatic nitrogens is 2. The summed E-state index contributed by atoms with van der Waals surface area (Å²) in [6.45, 7) is 6.18. The number of amides is 1. The van der Waals surface area contributed by atoms with E-state index in [2.05, 4.69) is 10.4 Å². The molecule has 0 saturated carbocycles. The highest BCUT2D eigenvalue weighted by molar-refractivity contribution is 5.89. The molecule has 6 heteroatoms. The molecule has 0 aromatic carbocycles. The van der Waals surface area contributed by atoms with Gasteiger partial charge < -0.3 is 10.1 Å². The van der Waals surface area contributed by atoms with E-state index in [1.54, 1.807) is 13.8 Å². The van der Waals surface area contributed by atoms with Crippen LogP contribution in [0.4, 0.5) is 0 Å². The van der Waals surface area contributed by atoms with Crippen LogP contribution in [0.15, 0.2) is 12.4 Å². The van der Waals surface area contributed by atoms with E-state index in [0.29, 0.717) is 18.7 Å². The molecular weight excluding hydrogens is 222 g/mol. The summed E-state index contributed by atoms with van der Waals surface area (Å²) in [6, 6.07) is -0.446. The Morgan fingerprint density at radius 2 is 2.24 bits per heavy atom. The van der Waals surface area contributed by atoms with Gasteiger partial charge in [0, 0.05) is 12.7 Å². The quantitative estimate of drug-likeness (QED) is 0.770. The molecule has 1 atom stereocenters. The SMILES string of the molecule is CCNC(=O)C(C)n1cc(C(=O)OCC)cn1. The van der Waals surface area contributed by atoms with Crippen molar-refractivity contribution in [2.24, 2.45) is 0 Å². The Morgan fingerprint density at radius 3 is 2.82 bits per heavy atom. The minimum absolute atomic E-state index is 0.133. The number of hydrogen-bond acceptors (Lipinski definition) is 4. The second-order valence-electron chi connectivity index (χ2n) is 3.50. The van der Waals surface area contributed by atoms with Gasteiger partial charge in [0.25, 0.3) is 0 Å². The number of rotatable bonds is 5. The van der Waals surface area contributed by atoms with Crippen molar-refractivity contribution in [3.05, 3.63) is 18.0 Å². The molecule has 1 amide bonds. The first-order valence-corrected chi connectivity index (χ1v) is 5.59. The Morgan fingerprint density at radius 1 is 1.53 bits per heavy atom. The lowest BCUT2D eigenvalue weighted by molar-refractivity contribution is -0.124. The third-order valence-electron chi connectivity index (χ3n) is 2.24. The van der Waals surface area contributed by atoms with Crippen LogP contribution in [0.1, 0.15) is 37.2 Å². The summed E-state index contributed by atoms with van der Waals surface area (Å²) in [4.78, 5) is 23.0. The minimum atomic E-state index is -0.446. The third kappa shape index (κ3) is 3.30. The number of nitrogens with zero attached hydrogens (tertiary/aromatic N) is 2. The number of nitrogens with one attached hydrogen (secondary N) is 1. The zero-order valence-electron chi connectivity index (χ0n) is 10.3. The largest absolute Gasteiger partial charge is 0.462 e. The van der Waals surface area contributed by atoms with Crippen molar-refractivity contribution in [3.8, 4) is 0 Å². The maximum atomic E-state index is 11.6. The van der Waals surface area contributed by atoms with Gasteiger partial charge in [0.05, 0.1) is 18.4 Å². The summed E-state index contributed by atoms with van der Waals surface area (Å²) in [5, 5.41) is 6.67. The van der Waals surface area contributed by atoms with Crippen LogP contribution >= 0.6 is 0 Å². The monoisotopic (exact) mass is 239 g/mol. The Balaban J connectivity index is 2.73. The van der Waals surface area contributed by atoms with E-state index in [-0.39, 0.29) is 5.91 Å². The molecule has 0 aliphatic heterocycles. The molecular formula is C11H17N3O3. The smallest absolute Gasteiger partial charge is 0.341 e. The summed E-state index contributed by atoms with van der Waals surface area (Å²) < 4.78 is 6.28. The fourth-order valence-electron chi connectivity index (χ4n) is 1.31. The lowest BCUT2D eigenvalue weighted by Gasteiger charge is -2.10. The van der Waals surface area contributed by atoms with Gasteiger partial charge in [0.2, 0.25) is 5.91 Å². The standard InChI is InChI=1S/C11H17N3O3/c1-4-12-10(15)8(3)14-7-9(6-13-14)11(16)17-5-2/h6-8H,4-5H2,1-3H3,(H,12,15). The fraction of sp³-hybridized carbons (Fsp3) is 0.545. The van der Waals surface area contributed by atoms with E-state index in [9.17, 15) is 9.59 Å². The second-order valence-corrected chi connectivity index (χ2v) is 3.50. The van der Waals surface area contributed by atoms with Crippen molar-refractivity contribution in [2.75, 3.05) is 13.2 Å². The maximum absolute atomic E-state index is 11.6. The van der Waals surface area contributed by atoms with Gasteiger partial charge in [-0.2, -0.15) is 5.10 Å². The highest BCUT2D eigenvalue weighted by Gasteiger charge is 2.17. The molecule has 0 radical (unpaired) electrons. The normalized spacial score (nSPS) is 11.9. The molecule has 0 spiro atoms. The Bertz CT molecular complexity index is 400. The molecule has 0 fully saturated rings. The van der Waals surface area contributed by atoms with Crippen LogP contribution in [0.25, 0.3) is 0 Å². The van der Waals surface area contributed by atoms with E-state index in [0.717, 1.165) is 0 Å². The molecule has 6 nitrogen and oxygen atoms in total. The van der Waals surface area contributed by atoms with Gasteiger partial charge in [-0.25, -0.2) is 4.79 Å². The van der Waals surface area contributed by atoms with Crippen molar-refractivity contribution in [2.45, 2.75) is 26.8 Å². The van der Waals surface area contributed by atoms with E-state index < -0.39 is 12.0 Å². The van der Waals surface area contributed by atoms with Gasteiger partial charge >= 0.3 is 5.97 Å². The number of ether oxygens (including phenoxy) is 1. The van der Waals surface area contributed by atoms with Crippen molar-refractivity contribution in [1.82, 2.24) is 15.1 Å². The molecule has 0 aliphatic carbocycles. The highest BCUT2D eigenvalue weighted by Crippen LogP contribution is 2.07. The van der Waals surface area contributed by atoms with Gasteiger partial charge in [-0.1, -0.05) is 0 Å². The number of likely N-dealkylation sites (N-methyl/N-ethyl adjacent to an activating group) is 1. The van der Waals surface area contributed by atoms with Crippen LogP contribution in [0.2, 0.25) is 0 Å². The first kappa shape index (κ1) is 13.2. The van der Waals surface area contributed by atoms with E-state index in [1.165, 1.54) is 17.1 Å². The summed E-state index contributed by atoms with van der Waals surface area (Å²) in [5.74, 6) is -0.562. The van der Waals surface area contributed by atoms with Gasteiger partial charge in [-0.05, 0) is 20.8 Å². The molecule has 1 N–H and O–H groups in total. The van der Waals surface area contributed by atoms with Crippen LogP contribution in [-0.4, -0.2) is 34.8 Å². The lowest BCUT2D eigenvalue weighted by Crippen LogP contribution is -2.30. The van der Waals surface area contributed by atoms with Crippen LogP contribution in [0.5, 0.6) is 0 Å². The molecule has 1 aromatic rings. The molecule has 1 rings (SSSR count). The number of carbonyl (C=O) groups is 2. The first-order valence-electron chi connectivity index (χ1n) is 5.59. The predicted molar refractivity (Wildman–Crippen MR) is 61.6 cm³/mol. The lowest BCUT2D eigenvalue weighted by atomic mass is 10.3. The van der Waals surface area contributed by atoms with Crippen molar-refractivity contribution in [3.63, 3.8) is 0 Å². The van der Waals surface area contributed by atoms with Gasteiger partial charge in [-0.3, -0.25) is 9.48 Å². The van der Waals surface area contributed by atoms with Crippen LogP contribution < -0.4 is 5.32 Å². The van der Waals surface area contributed by atoms with Crippen molar-refractivity contribution >= 4 is 11.9 Å². The summed E-state index contributed by atoms with van der Waals surface area (Å²) in [7, 11) is 0. The molecule has 17 heavy (non-hydrogen) atoms. The topological polar surface area (TPSA) is 73.2 Å². The molecule has 1 unspecified atom stereocenters. The third-order valence-corrected chi connectivity index (χ3v) is 2.24. The highest BCUT2D eigenvalue weighted by atomic mass is 16.5. The van der Waals surface area contributed by atoms with Crippen LogP contribution in [0, 0.1) is 0 Å². The zero-order chi connectivity index (χ0) is 12.8. The summed E-state index contributed by atoms with van der Waals surface area (Å²) >= 11 is 0. The fourth-order valence-corrected chi connectivity index (χ4v) is 1.31. The molecule has 0 saturated heterocycles. The number of esters is 1. The zero-order valence-corrected chi connectivity index (χ0v) is 10.3. The van der Waals surface area contributed by atoms with Gasteiger partial charge in [-0.15, -0.1) is 0 Å². The number of carbonyl (C=O) groups excluding carboxylic acids is 2. The van der Waals surface area contributed by atoms with Crippen molar-refractivity contribution < 1.29 is 14.3 Å². The molecule has 1 heterocycles. The summed E-state index contributed by atoms with van der Waals surface area (Å²) in [6.07, 6.45) is 2.91.